The third kappa shape index (κ3) is 9.09. The van der Waals surface area contributed by atoms with Gasteiger partial charge in [-0.15, -0.1) is 0 Å². The number of alkyl carbamates (subject to hydrolysis) is 1. The standard InChI is InChI=1S/C39H40N2O7/c1-39(2,3)48-37(44)34(22-26-14-6-4-7-15-26)40-36(43)33(23-35(42)46-24-27-16-8-5-9-17-27)41-38(45)47-25-32-30-20-12-10-18-28(30)29-19-11-13-21-31(29)32/h4-21,32-34H,22-25H2,1-3H3,(H,40,43)(H,41,45)/t33-,34+/m0/s1. The summed E-state index contributed by atoms with van der Waals surface area (Å²) in [5.41, 5.74) is 4.97. The van der Waals surface area contributed by atoms with Gasteiger partial charge in [0.05, 0.1) is 6.42 Å². The molecular formula is C39H40N2O7. The highest BCUT2D eigenvalue weighted by Gasteiger charge is 2.33. The number of fused-ring (bicyclic) bond motifs is 3. The van der Waals surface area contributed by atoms with E-state index in [-0.39, 0.29) is 25.6 Å². The molecule has 0 bridgehead atoms. The van der Waals surface area contributed by atoms with Crippen LogP contribution in [0, 0.1) is 0 Å². The zero-order valence-corrected chi connectivity index (χ0v) is 27.3. The van der Waals surface area contributed by atoms with Crippen LogP contribution in [0.3, 0.4) is 0 Å². The third-order valence-corrected chi connectivity index (χ3v) is 7.86. The van der Waals surface area contributed by atoms with Crippen LogP contribution in [0.2, 0.25) is 0 Å². The summed E-state index contributed by atoms with van der Waals surface area (Å²) in [6.45, 7) is 5.21. The Kier molecular flexibility index (Phi) is 10.9. The summed E-state index contributed by atoms with van der Waals surface area (Å²) in [5.74, 6) is -2.32. The van der Waals surface area contributed by atoms with Crippen molar-refractivity contribution >= 4 is 23.9 Å². The lowest BCUT2D eigenvalue weighted by atomic mass is 9.98. The van der Waals surface area contributed by atoms with E-state index in [1.807, 2.05) is 97.1 Å². The highest BCUT2D eigenvalue weighted by Crippen LogP contribution is 2.44. The molecule has 48 heavy (non-hydrogen) atoms. The second-order valence-corrected chi connectivity index (χ2v) is 12.7. The van der Waals surface area contributed by atoms with Gasteiger partial charge in [-0.3, -0.25) is 9.59 Å². The maximum Gasteiger partial charge on any atom is 0.407 e. The first-order chi connectivity index (χ1) is 23.1. The molecule has 1 aliphatic carbocycles. The maximum absolute atomic E-state index is 13.7. The number of carbonyl (C=O) groups is 4. The number of ether oxygens (including phenoxy) is 3. The van der Waals surface area contributed by atoms with Crippen molar-refractivity contribution in [3.63, 3.8) is 0 Å². The molecule has 9 heteroatoms. The Morgan fingerprint density at radius 1 is 0.667 bits per heavy atom. The van der Waals surface area contributed by atoms with Gasteiger partial charge in [0, 0.05) is 12.3 Å². The van der Waals surface area contributed by atoms with E-state index in [9.17, 15) is 19.2 Å². The van der Waals surface area contributed by atoms with Crippen LogP contribution in [-0.2, 0) is 41.6 Å². The van der Waals surface area contributed by atoms with Gasteiger partial charge in [-0.05, 0) is 54.2 Å². The second kappa shape index (κ2) is 15.4. The molecule has 0 spiro atoms. The van der Waals surface area contributed by atoms with Crippen LogP contribution in [0.5, 0.6) is 0 Å². The van der Waals surface area contributed by atoms with Crippen molar-refractivity contribution in [3.8, 4) is 11.1 Å². The van der Waals surface area contributed by atoms with Gasteiger partial charge in [-0.2, -0.15) is 0 Å². The van der Waals surface area contributed by atoms with Crippen LogP contribution >= 0.6 is 0 Å². The fourth-order valence-corrected chi connectivity index (χ4v) is 5.64. The average molecular weight is 649 g/mol. The van der Waals surface area contributed by atoms with Gasteiger partial charge in [0.25, 0.3) is 0 Å². The van der Waals surface area contributed by atoms with Crippen molar-refractivity contribution in [1.29, 1.82) is 0 Å². The van der Waals surface area contributed by atoms with Crippen molar-refractivity contribution in [2.75, 3.05) is 6.61 Å². The summed E-state index contributed by atoms with van der Waals surface area (Å²) in [4.78, 5) is 53.2. The molecule has 0 fully saturated rings. The fourth-order valence-electron chi connectivity index (χ4n) is 5.64. The molecule has 4 aromatic carbocycles. The van der Waals surface area contributed by atoms with Gasteiger partial charge in [-0.25, -0.2) is 9.59 Å². The normalized spacial score (nSPS) is 13.3. The Hall–Kier alpha value is -5.44. The first kappa shape index (κ1) is 33.9. The minimum absolute atomic E-state index is 0.00645. The van der Waals surface area contributed by atoms with Crippen LogP contribution in [0.4, 0.5) is 4.79 Å². The summed E-state index contributed by atoms with van der Waals surface area (Å²) in [7, 11) is 0. The SMILES string of the molecule is CC(C)(C)OC(=O)[C@@H](Cc1ccccc1)NC(=O)[C@H](CC(=O)OCc1ccccc1)NC(=O)OCC1c2ccccc2-c2ccccc21. The molecule has 9 nitrogen and oxygen atoms in total. The summed E-state index contributed by atoms with van der Waals surface area (Å²) < 4.78 is 16.7. The molecule has 4 aromatic rings. The number of nitrogens with one attached hydrogen (secondary N) is 2. The second-order valence-electron chi connectivity index (χ2n) is 12.7. The van der Waals surface area contributed by atoms with Crippen LogP contribution in [0.25, 0.3) is 11.1 Å². The Balaban J connectivity index is 1.30. The van der Waals surface area contributed by atoms with Crippen LogP contribution in [0.15, 0.2) is 109 Å². The average Bonchev–Trinajstić information content (AvgIpc) is 3.39. The lowest BCUT2D eigenvalue weighted by molar-refractivity contribution is -0.158. The van der Waals surface area contributed by atoms with Crippen LogP contribution < -0.4 is 10.6 Å². The highest BCUT2D eigenvalue weighted by atomic mass is 16.6. The topological polar surface area (TPSA) is 120 Å². The summed E-state index contributed by atoms with van der Waals surface area (Å²) in [6.07, 6.45) is -1.24. The molecule has 0 aromatic heterocycles. The van der Waals surface area contributed by atoms with E-state index in [1.165, 1.54) is 0 Å². The van der Waals surface area contributed by atoms with Crippen molar-refractivity contribution in [3.05, 3.63) is 131 Å². The van der Waals surface area contributed by atoms with Gasteiger partial charge < -0.3 is 24.8 Å². The number of benzene rings is 4. The third-order valence-electron chi connectivity index (χ3n) is 7.86. The molecule has 0 unspecified atom stereocenters. The van der Waals surface area contributed by atoms with Gasteiger partial charge >= 0.3 is 18.0 Å². The van der Waals surface area contributed by atoms with Gasteiger partial charge in [0.1, 0.15) is 30.9 Å². The van der Waals surface area contributed by atoms with E-state index in [0.29, 0.717) is 0 Å². The molecule has 0 heterocycles. The molecule has 1 aliphatic rings. The molecule has 2 atom stereocenters. The van der Waals surface area contributed by atoms with Gasteiger partial charge in [0.2, 0.25) is 5.91 Å². The first-order valence-corrected chi connectivity index (χ1v) is 16.0. The molecule has 2 N–H and O–H groups in total. The molecule has 0 aliphatic heterocycles. The largest absolute Gasteiger partial charge is 0.461 e. The number of amides is 2. The predicted octanol–water partition coefficient (Wildman–Crippen LogP) is 6.10. The van der Waals surface area contributed by atoms with Crippen LogP contribution in [-0.4, -0.2) is 48.2 Å². The number of carbonyl (C=O) groups excluding carboxylic acids is 4. The zero-order valence-electron chi connectivity index (χ0n) is 27.3. The Bertz CT molecular complexity index is 1690. The molecule has 248 valence electrons. The maximum atomic E-state index is 13.7. The van der Waals surface area contributed by atoms with E-state index in [0.717, 1.165) is 33.4 Å². The van der Waals surface area contributed by atoms with Gasteiger partial charge in [-0.1, -0.05) is 109 Å². The van der Waals surface area contributed by atoms with E-state index in [2.05, 4.69) is 10.6 Å². The van der Waals surface area contributed by atoms with E-state index in [4.69, 9.17) is 14.2 Å². The molecule has 0 saturated heterocycles. The number of hydrogen-bond donors (Lipinski definition) is 2. The lowest BCUT2D eigenvalue weighted by Gasteiger charge is -2.26. The Morgan fingerprint density at radius 3 is 1.79 bits per heavy atom. The van der Waals surface area contributed by atoms with Crippen molar-refractivity contribution < 1.29 is 33.4 Å². The molecular weight excluding hydrogens is 608 g/mol. The predicted molar refractivity (Wildman–Crippen MR) is 181 cm³/mol. The highest BCUT2D eigenvalue weighted by molar-refractivity contribution is 5.92. The zero-order chi connectivity index (χ0) is 34.1. The quantitative estimate of drug-likeness (QED) is 0.141. The minimum Gasteiger partial charge on any atom is -0.461 e. The molecule has 5 rings (SSSR count). The van der Waals surface area contributed by atoms with Crippen molar-refractivity contribution in [2.45, 2.75) is 63.8 Å². The summed E-state index contributed by atoms with van der Waals surface area (Å²) >= 11 is 0. The lowest BCUT2D eigenvalue weighted by Crippen LogP contribution is -2.54. The van der Waals surface area contributed by atoms with Crippen molar-refractivity contribution in [1.82, 2.24) is 10.6 Å². The molecule has 2 amide bonds. The summed E-state index contributed by atoms with van der Waals surface area (Å²) in [6, 6.07) is 31.7. The summed E-state index contributed by atoms with van der Waals surface area (Å²) in [5, 5.41) is 5.25. The Labute approximate surface area is 280 Å². The number of hydrogen-bond acceptors (Lipinski definition) is 7. The fraction of sp³-hybridized carbons (Fsp3) is 0.282. The van der Waals surface area contributed by atoms with E-state index >= 15 is 0 Å². The Morgan fingerprint density at radius 2 is 1.21 bits per heavy atom. The monoisotopic (exact) mass is 648 g/mol. The van der Waals surface area contributed by atoms with E-state index in [1.54, 1.807) is 32.9 Å². The minimum atomic E-state index is -1.40. The smallest absolute Gasteiger partial charge is 0.407 e. The molecule has 0 saturated carbocycles. The van der Waals surface area contributed by atoms with Gasteiger partial charge in [0.15, 0.2) is 0 Å². The first-order valence-electron chi connectivity index (χ1n) is 16.0. The number of rotatable bonds is 12. The van der Waals surface area contributed by atoms with Crippen LogP contribution in [0.1, 0.15) is 55.4 Å². The van der Waals surface area contributed by atoms with E-state index < -0.39 is 48.0 Å². The molecule has 0 radical (unpaired) electrons. The number of esters is 2. The van der Waals surface area contributed by atoms with Crippen molar-refractivity contribution in [2.24, 2.45) is 0 Å².